The number of nitrogens with zero attached hydrogens (tertiary/aromatic N) is 2. The molecular weight excluding hydrogens is 368 g/mol. The Hall–Kier alpha value is -3.19. The lowest BCUT2D eigenvalue weighted by Crippen LogP contribution is -2.34. The second-order valence-electron chi connectivity index (χ2n) is 5.78. The predicted octanol–water partition coefficient (Wildman–Crippen LogP) is 2.86. The maximum absolute atomic E-state index is 12.1. The van der Waals surface area contributed by atoms with E-state index in [0.717, 1.165) is 11.1 Å². The molecule has 0 atom stereocenters. The highest BCUT2D eigenvalue weighted by Gasteiger charge is 2.16. The number of halogens is 1. The Labute approximate surface area is 160 Å². The Morgan fingerprint density at radius 1 is 1.00 bits per heavy atom. The van der Waals surface area contributed by atoms with Gasteiger partial charge >= 0.3 is 11.8 Å². The molecule has 7 nitrogen and oxygen atoms in total. The topological polar surface area (TPSA) is 97.1 Å². The molecule has 0 saturated heterocycles. The monoisotopic (exact) mass is 384 g/mol. The van der Waals surface area contributed by atoms with Gasteiger partial charge in [-0.15, -0.1) is 0 Å². The number of nitrogens with one attached hydrogen (secondary N) is 2. The smallest absolute Gasteiger partial charge is 0.316 e. The molecule has 0 fully saturated rings. The van der Waals surface area contributed by atoms with E-state index in [0.29, 0.717) is 16.4 Å². The largest absolute Gasteiger partial charge is 0.350 e. The summed E-state index contributed by atoms with van der Waals surface area (Å²) in [5.41, 5.74) is 2.25. The van der Waals surface area contributed by atoms with E-state index >= 15 is 0 Å². The molecule has 0 bridgehead atoms. The summed E-state index contributed by atoms with van der Waals surface area (Å²) in [5, 5.41) is 9.47. The minimum atomic E-state index is -0.507. The van der Waals surface area contributed by atoms with Crippen LogP contribution in [0.1, 0.15) is 26.6 Å². The first-order chi connectivity index (χ1) is 13.0. The molecule has 0 aliphatic rings. The molecule has 0 aliphatic heterocycles. The van der Waals surface area contributed by atoms with Crippen LogP contribution in [0.5, 0.6) is 0 Å². The van der Waals surface area contributed by atoms with E-state index in [1.807, 2.05) is 31.2 Å². The van der Waals surface area contributed by atoms with Crippen molar-refractivity contribution in [3.8, 4) is 11.4 Å². The van der Waals surface area contributed by atoms with Gasteiger partial charge in [-0.05, 0) is 19.1 Å². The normalized spacial score (nSPS) is 10.4. The van der Waals surface area contributed by atoms with Gasteiger partial charge in [0.25, 0.3) is 5.91 Å². The minimum absolute atomic E-state index is 0.136. The SMILES string of the molecule is Cc1ccc(-c2noc(C(=O)NCCNC(=O)c3ccccc3Cl)n2)cc1. The summed E-state index contributed by atoms with van der Waals surface area (Å²) in [5.74, 6) is -0.614. The first-order valence-corrected chi connectivity index (χ1v) is 8.64. The van der Waals surface area contributed by atoms with Gasteiger partial charge in [0.05, 0.1) is 10.6 Å². The predicted molar refractivity (Wildman–Crippen MR) is 101 cm³/mol. The maximum atomic E-state index is 12.1. The quantitative estimate of drug-likeness (QED) is 0.637. The second-order valence-corrected chi connectivity index (χ2v) is 6.19. The van der Waals surface area contributed by atoms with E-state index in [1.165, 1.54) is 0 Å². The fourth-order valence-electron chi connectivity index (χ4n) is 2.30. The molecule has 0 radical (unpaired) electrons. The van der Waals surface area contributed by atoms with Gasteiger partial charge in [-0.25, -0.2) is 0 Å². The molecule has 3 aromatic rings. The first kappa shape index (κ1) is 18.6. The summed E-state index contributed by atoms with van der Waals surface area (Å²) in [6, 6.07) is 14.3. The number of benzene rings is 2. The molecule has 27 heavy (non-hydrogen) atoms. The summed E-state index contributed by atoms with van der Waals surface area (Å²) >= 11 is 5.97. The van der Waals surface area contributed by atoms with Crippen molar-refractivity contribution < 1.29 is 14.1 Å². The lowest BCUT2D eigenvalue weighted by molar-refractivity contribution is 0.0898. The van der Waals surface area contributed by atoms with Crippen LogP contribution in [-0.4, -0.2) is 35.0 Å². The Balaban J connectivity index is 1.49. The third-order valence-electron chi connectivity index (χ3n) is 3.74. The Kier molecular flexibility index (Phi) is 5.83. The third kappa shape index (κ3) is 4.71. The van der Waals surface area contributed by atoms with Crippen molar-refractivity contribution >= 4 is 23.4 Å². The first-order valence-electron chi connectivity index (χ1n) is 8.26. The summed E-state index contributed by atoms with van der Waals surface area (Å²) < 4.78 is 5.00. The van der Waals surface area contributed by atoms with Crippen LogP contribution in [0.2, 0.25) is 5.02 Å². The van der Waals surface area contributed by atoms with Crippen LogP contribution in [-0.2, 0) is 0 Å². The van der Waals surface area contributed by atoms with Crippen molar-refractivity contribution in [3.63, 3.8) is 0 Å². The number of aryl methyl sites for hydroxylation is 1. The highest BCUT2D eigenvalue weighted by Crippen LogP contribution is 2.16. The number of aromatic nitrogens is 2. The third-order valence-corrected chi connectivity index (χ3v) is 4.07. The van der Waals surface area contributed by atoms with Gasteiger partial charge in [0.15, 0.2) is 0 Å². The van der Waals surface area contributed by atoms with Gasteiger partial charge in [0.2, 0.25) is 5.82 Å². The van der Waals surface area contributed by atoms with Crippen LogP contribution in [0, 0.1) is 6.92 Å². The van der Waals surface area contributed by atoms with Gasteiger partial charge in [-0.3, -0.25) is 9.59 Å². The zero-order chi connectivity index (χ0) is 19.2. The second kappa shape index (κ2) is 8.46. The van der Waals surface area contributed by atoms with Crippen molar-refractivity contribution in [3.05, 3.63) is 70.6 Å². The molecule has 0 aliphatic carbocycles. The van der Waals surface area contributed by atoms with Gasteiger partial charge in [-0.1, -0.05) is 58.7 Å². The molecule has 0 unspecified atom stereocenters. The standard InChI is InChI=1S/C19H17ClN4O3/c1-12-6-8-13(9-7-12)16-23-19(27-24-16)18(26)22-11-10-21-17(25)14-4-2-3-5-15(14)20/h2-9H,10-11H2,1H3,(H,21,25)(H,22,26). The Morgan fingerprint density at radius 2 is 1.67 bits per heavy atom. The lowest BCUT2D eigenvalue weighted by Gasteiger charge is -2.06. The summed E-state index contributed by atoms with van der Waals surface area (Å²) in [6.07, 6.45) is 0. The highest BCUT2D eigenvalue weighted by molar-refractivity contribution is 6.33. The highest BCUT2D eigenvalue weighted by atomic mass is 35.5. The van der Waals surface area contributed by atoms with Crippen molar-refractivity contribution in [2.24, 2.45) is 0 Å². The molecule has 8 heteroatoms. The molecule has 1 heterocycles. The zero-order valence-electron chi connectivity index (χ0n) is 14.5. The molecule has 0 saturated carbocycles. The number of hydrogen-bond donors (Lipinski definition) is 2. The fraction of sp³-hybridized carbons (Fsp3) is 0.158. The molecule has 2 N–H and O–H groups in total. The van der Waals surface area contributed by atoms with Gasteiger partial charge in [0, 0.05) is 18.7 Å². The van der Waals surface area contributed by atoms with E-state index in [4.69, 9.17) is 16.1 Å². The number of rotatable bonds is 6. The van der Waals surface area contributed by atoms with Crippen molar-refractivity contribution in [2.75, 3.05) is 13.1 Å². The van der Waals surface area contributed by atoms with E-state index in [9.17, 15) is 9.59 Å². The van der Waals surface area contributed by atoms with Gasteiger partial charge in [0.1, 0.15) is 0 Å². The maximum Gasteiger partial charge on any atom is 0.316 e. The average Bonchev–Trinajstić information content (AvgIpc) is 3.16. The molecule has 2 aromatic carbocycles. The number of hydrogen-bond acceptors (Lipinski definition) is 5. The number of carbonyl (C=O) groups is 2. The Morgan fingerprint density at radius 3 is 2.37 bits per heavy atom. The molecule has 2 amide bonds. The minimum Gasteiger partial charge on any atom is -0.350 e. The van der Waals surface area contributed by atoms with E-state index in [2.05, 4.69) is 20.8 Å². The summed E-state index contributed by atoms with van der Waals surface area (Å²) in [4.78, 5) is 28.2. The van der Waals surface area contributed by atoms with E-state index in [-0.39, 0.29) is 24.9 Å². The lowest BCUT2D eigenvalue weighted by atomic mass is 10.1. The summed E-state index contributed by atoms with van der Waals surface area (Å²) in [7, 11) is 0. The average molecular weight is 385 g/mol. The van der Waals surface area contributed by atoms with Crippen molar-refractivity contribution in [2.45, 2.75) is 6.92 Å². The fourth-order valence-corrected chi connectivity index (χ4v) is 2.53. The summed E-state index contributed by atoms with van der Waals surface area (Å²) in [6.45, 7) is 2.41. The zero-order valence-corrected chi connectivity index (χ0v) is 15.3. The molecule has 1 aromatic heterocycles. The van der Waals surface area contributed by atoms with Crippen molar-refractivity contribution in [1.82, 2.24) is 20.8 Å². The van der Waals surface area contributed by atoms with Crippen molar-refractivity contribution in [1.29, 1.82) is 0 Å². The van der Waals surface area contributed by atoms with E-state index in [1.54, 1.807) is 24.3 Å². The molecule has 0 spiro atoms. The van der Waals surface area contributed by atoms with Crippen LogP contribution < -0.4 is 10.6 Å². The van der Waals surface area contributed by atoms with Crippen LogP contribution in [0.15, 0.2) is 53.1 Å². The number of amides is 2. The van der Waals surface area contributed by atoms with Gasteiger partial charge in [-0.2, -0.15) is 4.98 Å². The van der Waals surface area contributed by atoms with Crippen LogP contribution in [0.25, 0.3) is 11.4 Å². The number of carbonyl (C=O) groups excluding carboxylic acids is 2. The van der Waals surface area contributed by atoms with Gasteiger partial charge < -0.3 is 15.2 Å². The van der Waals surface area contributed by atoms with Crippen LogP contribution in [0.4, 0.5) is 0 Å². The molecular formula is C19H17ClN4O3. The molecule has 138 valence electrons. The van der Waals surface area contributed by atoms with Crippen LogP contribution >= 0.6 is 11.6 Å². The van der Waals surface area contributed by atoms with E-state index < -0.39 is 5.91 Å². The van der Waals surface area contributed by atoms with Crippen LogP contribution in [0.3, 0.4) is 0 Å². The molecule has 3 rings (SSSR count). The Bertz CT molecular complexity index is 954.